The molecule has 1 aliphatic heterocycles. The summed E-state index contributed by atoms with van der Waals surface area (Å²) in [6.45, 7) is 10.8. The minimum Gasteiger partial charge on any atom is -0.384 e. The molecule has 1 saturated carbocycles. The van der Waals surface area contributed by atoms with E-state index in [1.807, 2.05) is 6.08 Å². The van der Waals surface area contributed by atoms with Crippen molar-refractivity contribution in [2.24, 2.45) is 17.8 Å². The van der Waals surface area contributed by atoms with Gasteiger partial charge in [-0.15, -0.1) is 0 Å². The third-order valence-electron chi connectivity index (χ3n) is 5.36. The highest BCUT2D eigenvalue weighted by atomic mass is 32.1. The zero-order chi connectivity index (χ0) is 18.8. The zero-order valence-electron chi connectivity index (χ0n) is 15.9. The summed E-state index contributed by atoms with van der Waals surface area (Å²) >= 11 is 5.66. The smallest absolute Gasteiger partial charge is 0.112 e. The van der Waals surface area contributed by atoms with Crippen molar-refractivity contribution >= 4 is 30.8 Å². The molecule has 6 atom stereocenters. The van der Waals surface area contributed by atoms with Crippen LogP contribution in [0.4, 0.5) is 0 Å². The second-order valence-corrected chi connectivity index (χ2v) is 10.3. The molecule has 0 bridgehead atoms. The molecule has 0 aromatic heterocycles. The predicted octanol–water partition coefficient (Wildman–Crippen LogP) is 4.07. The summed E-state index contributed by atoms with van der Waals surface area (Å²) < 4.78 is 11.6. The molecule has 3 unspecified atom stereocenters. The molecular formula is C19H32NO3PS. The van der Waals surface area contributed by atoms with Gasteiger partial charge in [-0.2, -0.15) is 0 Å². The van der Waals surface area contributed by atoms with Crippen LogP contribution < -0.4 is 0 Å². The molecule has 25 heavy (non-hydrogen) atoms. The standard InChI is InChI=1S/C19H32NO3PS/c1-7-14(3)18-16(20-9-8-13(2)10-17(20)25)11-15(12-22-4)19(18)23-24(5,6)21/h8-9,14-16,18-19,21H,2,5,7,10-12H2,1,3-4,6H3/t14?,15-,16-,18?,19+,24?/m1/s1. The Balaban J connectivity index is 2.37. The van der Waals surface area contributed by atoms with Crippen LogP contribution >= 0.6 is 19.6 Å². The topological polar surface area (TPSA) is 41.9 Å². The lowest BCUT2D eigenvalue weighted by Gasteiger charge is -2.39. The van der Waals surface area contributed by atoms with E-state index in [0.29, 0.717) is 12.5 Å². The van der Waals surface area contributed by atoms with E-state index in [1.165, 1.54) is 0 Å². The maximum absolute atomic E-state index is 10.3. The lowest BCUT2D eigenvalue weighted by Crippen LogP contribution is -2.43. The SMILES string of the molecule is C=C1C=CN([C@@H]2C[C@H](COC)[C@H](OP(=C)(C)O)C2C(C)CC)C(=S)C1. The molecule has 6 heteroatoms. The van der Waals surface area contributed by atoms with Crippen molar-refractivity contribution in [2.45, 2.75) is 45.3 Å². The Kier molecular flexibility index (Phi) is 7.09. The number of hydrogen-bond donors (Lipinski definition) is 1. The maximum atomic E-state index is 10.3. The van der Waals surface area contributed by atoms with Crippen LogP contribution in [-0.2, 0) is 9.26 Å². The van der Waals surface area contributed by atoms with Gasteiger partial charge in [0, 0.05) is 44.3 Å². The second-order valence-electron chi connectivity index (χ2n) is 7.55. The zero-order valence-corrected chi connectivity index (χ0v) is 17.6. The summed E-state index contributed by atoms with van der Waals surface area (Å²) in [4.78, 5) is 13.4. The quantitative estimate of drug-likeness (QED) is 0.528. The molecule has 0 radical (unpaired) electrons. The van der Waals surface area contributed by atoms with Gasteiger partial charge in [0.05, 0.1) is 17.7 Å². The number of thiocarbonyl (C=S) groups is 1. The normalized spacial score (nSPS) is 33.6. The van der Waals surface area contributed by atoms with Crippen LogP contribution in [0.15, 0.2) is 24.4 Å². The number of allylic oxidation sites excluding steroid dienone is 1. The van der Waals surface area contributed by atoms with Gasteiger partial charge in [-0.1, -0.05) is 45.4 Å². The van der Waals surface area contributed by atoms with Crippen molar-refractivity contribution in [2.75, 3.05) is 20.4 Å². The van der Waals surface area contributed by atoms with Crippen LogP contribution in [0.5, 0.6) is 0 Å². The molecule has 1 heterocycles. The van der Waals surface area contributed by atoms with Crippen LogP contribution in [0.1, 0.15) is 33.1 Å². The predicted molar refractivity (Wildman–Crippen MR) is 111 cm³/mol. The minimum atomic E-state index is -2.59. The molecule has 1 fully saturated rings. The summed E-state index contributed by atoms with van der Waals surface area (Å²) in [7, 11) is -0.876. The minimum absolute atomic E-state index is 0.0675. The van der Waals surface area contributed by atoms with E-state index in [1.54, 1.807) is 13.8 Å². The summed E-state index contributed by atoms with van der Waals surface area (Å²) in [5.41, 5.74) is 1.05. The Labute approximate surface area is 158 Å². The molecule has 0 aromatic carbocycles. The van der Waals surface area contributed by atoms with Crippen molar-refractivity contribution in [1.29, 1.82) is 0 Å². The van der Waals surface area contributed by atoms with E-state index >= 15 is 0 Å². The molecule has 0 spiro atoms. The van der Waals surface area contributed by atoms with E-state index in [9.17, 15) is 4.89 Å². The molecule has 2 aliphatic rings. The van der Waals surface area contributed by atoms with Gasteiger partial charge >= 0.3 is 0 Å². The highest BCUT2D eigenvalue weighted by Crippen LogP contribution is 2.50. The Bertz CT molecular complexity index is 585. The average Bonchev–Trinajstić information content (AvgIpc) is 2.83. The fourth-order valence-corrected chi connectivity index (χ4v) is 5.33. The number of methoxy groups -OCH3 is 1. The highest BCUT2D eigenvalue weighted by molar-refractivity contribution is 7.80. The fourth-order valence-electron chi connectivity index (χ4n) is 4.11. The highest BCUT2D eigenvalue weighted by Gasteiger charge is 2.49. The third kappa shape index (κ3) is 5.05. The van der Waals surface area contributed by atoms with Crippen LogP contribution in [0, 0.1) is 17.8 Å². The second kappa shape index (κ2) is 8.49. The monoisotopic (exact) mass is 385 g/mol. The van der Waals surface area contributed by atoms with Crippen molar-refractivity contribution in [3.05, 3.63) is 24.4 Å². The Morgan fingerprint density at radius 2 is 2.20 bits per heavy atom. The fraction of sp³-hybridized carbons (Fsp3) is 0.684. The van der Waals surface area contributed by atoms with Crippen molar-refractivity contribution in [3.63, 3.8) is 0 Å². The molecule has 0 saturated heterocycles. The summed E-state index contributed by atoms with van der Waals surface area (Å²) in [6.07, 6.45) is 10.6. The number of nitrogens with zero attached hydrogens (tertiary/aromatic N) is 1. The first-order valence-corrected chi connectivity index (χ1v) is 11.7. The first-order valence-electron chi connectivity index (χ1n) is 8.96. The Morgan fingerprint density at radius 3 is 2.72 bits per heavy atom. The van der Waals surface area contributed by atoms with Crippen LogP contribution in [0.25, 0.3) is 0 Å². The summed E-state index contributed by atoms with van der Waals surface area (Å²) in [5.74, 6) is 0.945. The molecule has 1 aliphatic carbocycles. The van der Waals surface area contributed by atoms with Gasteiger partial charge in [-0.05, 0) is 24.0 Å². The van der Waals surface area contributed by atoms with Gasteiger partial charge in [-0.25, -0.2) is 0 Å². The number of rotatable bonds is 7. The third-order valence-corrected chi connectivity index (χ3v) is 6.41. The van der Waals surface area contributed by atoms with Crippen LogP contribution in [0.3, 0.4) is 0 Å². The first kappa shape index (κ1) is 20.9. The first-order chi connectivity index (χ1) is 11.7. The van der Waals surface area contributed by atoms with Crippen LogP contribution in [-0.4, -0.2) is 53.6 Å². The molecule has 0 aromatic rings. The molecule has 4 nitrogen and oxygen atoms in total. The maximum Gasteiger partial charge on any atom is 0.112 e. The van der Waals surface area contributed by atoms with E-state index in [-0.39, 0.29) is 24.0 Å². The Hall–Kier alpha value is -0.450. The van der Waals surface area contributed by atoms with Crippen molar-refractivity contribution in [3.8, 4) is 0 Å². The average molecular weight is 386 g/mol. The van der Waals surface area contributed by atoms with Gasteiger partial charge < -0.3 is 19.1 Å². The van der Waals surface area contributed by atoms with Gasteiger partial charge in [0.15, 0.2) is 0 Å². The summed E-state index contributed by atoms with van der Waals surface area (Å²) in [6, 6.07) is 0.253. The lowest BCUT2D eigenvalue weighted by molar-refractivity contribution is 0.0441. The van der Waals surface area contributed by atoms with E-state index in [2.05, 4.69) is 37.8 Å². The summed E-state index contributed by atoms with van der Waals surface area (Å²) in [5, 5.41) is 0. The van der Waals surface area contributed by atoms with Gasteiger partial charge in [0.25, 0.3) is 0 Å². The van der Waals surface area contributed by atoms with Crippen molar-refractivity contribution in [1.82, 2.24) is 4.90 Å². The van der Waals surface area contributed by atoms with E-state index in [0.717, 1.165) is 29.8 Å². The van der Waals surface area contributed by atoms with E-state index in [4.69, 9.17) is 21.5 Å². The lowest BCUT2D eigenvalue weighted by atomic mass is 9.84. The van der Waals surface area contributed by atoms with E-state index < -0.39 is 7.34 Å². The van der Waals surface area contributed by atoms with Gasteiger partial charge in [0.1, 0.15) is 7.34 Å². The number of ether oxygens (including phenoxy) is 1. The van der Waals surface area contributed by atoms with Crippen molar-refractivity contribution < 1.29 is 14.2 Å². The molecule has 142 valence electrons. The molecule has 2 rings (SSSR count). The molecular weight excluding hydrogens is 353 g/mol. The molecule has 0 amide bonds. The number of hydrogen-bond acceptors (Lipinski definition) is 4. The largest absolute Gasteiger partial charge is 0.384 e. The van der Waals surface area contributed by atoms with Gasteiger partial charge in [-0.3, -0.25) is 0 Å². The molecule has 1 N–H and O–H groups in total. The Morgan fingerprint density at radius 1 is 1.52 bits per heavy atom. The van der Waals surface area contributed by atoms with Gasteiger partial charge in [0.2, 0.25) is 0 Å². The van der Waals surface area contributed by atoms with Crippen LogP contribution in [0.2, 0.25) is 0 Å².